The molecule has 0 aliphatic heterocycles. The van der Waals surface area contributed by atoms with Crippen LogP contribution in [0, 0.1) is 12.7 Å². The molecule has 2 N–H and O–H groups in total. The van der Waals surface area contributed by atoms with Crippen LogP contribution in [-0.4, -0.2) is 26.9 Å². The first-order valence-corrected chi connectivity index (χ1v) is 10.3. The molecule has 0 amide bonds. The number of carboxylic acid groups (broad SMARTS) is 1. The van der Waals surface area contributed by atoms with Gasteiger partial charge in [0.15, 0.2) is 5.78 Å². The Labute approximate surface area is 194 Å². The van der Waals surface area contributed by atoms with E-state index in [9.17, 15) is 19.1 Å². The Morgan fingerprint density at radius 2 is 1.74 bits per heavy atom. The quantitative estimate of drug-likeness (QED) is 0.276. The number of carbonyl (C=O) groups excluding carboxylic acids is 1. The summed E-state index contributed by atoms with van der Waals surface area (Å²) in [5, 5.41) is 19.4. The van der Waals surface area contributed by atoms with Crippen LogP contribution in [0.25, 0.3) is 17.0 Å². The summed E-state index contributed by atoms with van der Waals surface area (Å²) in [4.78, 5) is 28.7. The first kappa shape index (κ1) is 22.7. The minimum Gasteiger partial charge on any atom is -0.508 e. The standard InChI is InChI=1S/C27H20FNO5/c1-15-12-18(28)5-9-21(15)25(31)23-14-29-24-13-19(30)6-10-22(24)26(23)34-20-7-3-17(4-8-20)11-16(2)27(32)33/h3-14,30H,1-2H3,(H,32,33)/b16-11+. The number of hydrogen-bond donors (Lipinski definition) is 2. The van der Waals surface area contributed by atoms with E-state index in [2.05, 4.69) is 4.98 Å². The second-order valence-electron chi connectivity index (χ2n) is 7.79. The number of ketones is 1. The maximum absolute atomic E-state index is 13.6. The molecule has 1 aromatic heterocycles. The van der Waals surface area contributed by atoms with Crippen molar-refractivity contribution in [3.05, 3.63) is 101 Å². The van der Waals surface area contributed by atoms with Gasteiger partial charge in [-0.3, -0.25) is 9.78 Å². The highest BCUT2D eigenvalue weighted by Crippen LogP contribution is 2.35. The number of pyridine rings is 1. The molecule has 0 bridgehead atoms. The molecule has 3 aromatic carbocycles. The molecule has 0 aliphatic carbocycles. The van der Waals surface area contributed by atoms with Gasteiger partial charge in [0.2, 0.25) is 0 Å². The van der Waals surface area contributed by atoms with Crippen molar-refractivity contribution in [2.75, 3.05) is 0 Å². The minimum absolute atomic E-state index is 0.0179. The summed E-state index contributed by atoms with van der Waals surface area (Å²) in [5.41, 5.74) is 2.27. The fourth-order valence-corrected chi connectivity index (χ4v) is 3.52. The van der Waals surface area contributed by atoms with E-state index in [0.717, 1.165) is 0 Å². The van der Waals surface area contributed by atoms with Gasteiger partial charge >= 0.3 is 5.97 Å². The molecule has 1 heterocycles. The normalized spacial score (nSPS) is 11.4. The van der Waals surface area contributed by atoms with Gasteiger partial charge in [-0.1, -0.05) is 12.1 Å². The number of aromatic nitrogens is 1. The van der Waals surface area contributed by atoms with Gasteiger partial charge in [0.25, 0.3) is 0 Å². The molecule has 0 atom stereocenters. The first-order valence-electron chi connectivity index (χ1n) is 10.3. The number of carboxylic acids is 1. The number of benzene rings is 3. The van der Waals surface area contributed by atoms with Crippen LogP contribution in [0.2, 0.25) is 0 Å². The lowest BCUT2D eigenvalue weighted by Crippen LogP contribution is -2.07. The average Bonchev–Trinajstić information content (AvgIpc) is 2.79. The van der Waals surface area contributed by atoms with Crippen molar-refractivity contribution in [3.8, 4) is 17.2 Å². The molecule has 0 saturated heterocycles. The molecule has 0 spiro atoms. The van der Waals surface area contributed by atoms with E-state index >= 15 is 0 Å². The Morgan fingerprint density at radius 1 is 1.00 bits per heavy atom. The van der Waals surface area contributed by atoms with Crippen LogP contribution in [0.3, 0.4) is 0 Å². The molecule has 0 aliphatic rings. The van der Waals surface area contributed by atoms with E-state index < -0.39 is 11.8 Å². The van der Waals surface area contributed by atoms with Crippen LogP contribution in [-0.2, 0) is 4.79 Å². The largest absolute Gasteiger partial charge is 0.508 e. The van der Waals surface area contributed by atoms with E-state index in [1.54, 1.807) is 37.3 Å². The number of phenolic OH excluding ortho intramolecular Hbond substituents is 1. The number of nitrogens with zero attached hydrogens (tertiary/aromatic N) is 1. The summed E-state index contributed by atoms with van der Waals surface area (Å²) in [6, 6.07) is 15.2. The van der Waals surface area contributed by atoms with Crippen LogP contribution >= 0.6 is 0 Å². The zero-order chi connectivity index (χ0) is 24.4. The van der Waals surface area contributed by atoms with Crippen LogP contribution in [0.4, 0.5) is 4.39 Å². The van der Waals surface area contributed by atoms with Crippen molar-refractivity contribution in [1.82, 2.24) is 4.98 Å². The third-order valence-electron chi connectivity index (χ3n) is 5.30. The highest BCUT2D eigenvalue weighted by molar-refractivity contribution is 6.13. The van der Waals surface area contributed by atoms with Crippen molar-refractivity contribution in [2.24, 2.45) is 0 Å². The number of carbonyl (C=O) groups is 2. The molecule has 170 valence electrons. The summed E-state index contributed by atoms with van der Waals surface area (Å²) in [6.07, 6.45) is 2.90. The third-order valence-corrected chi connectivity index (χ3v) is 5.30. The topological polar surface area (TPSA) is 96.7 Å². The summed E-state index contributed by atoms with van der Waals surface area (Å²) in [6.45, 7) is 3.15. The monoisotopic (exact) mass is 457 g/mol. The molecule has 4 aromatic rings. The summed E-state index contributed by atoms with van der Waals surface area (Å²) in [5.74, 6) is -1.16. The van der Waals surface area contributed by atoms with Gasteiger partial charge in [-0.2, -0.15) is 0 Å². The van der Waals surface area contributed by atoms with Gasteiger partial charge in [0.1, 0.15) is 23.1 Å². The summed E-state index contributed by atoms with van der Waals surface area (Å²) in [7, 11) is 0. The number of ether oxygens (including phenoxy) is 1. The zero-order valence-corrected chi connectivity index (χ0v) is 18.4. The van der Waals surface area contributed by atoms with Crippen molar-refractivity contribution in [3.63, 3.8) is 0 Å². The number of aliphatic carboxylic acids is 1. The van der Waals surface area contributed by atoms with Crippen LogP contribution in [0.5, 0.6) is 17.2 Å². The number of rotatable bonds is 6. The Bertz CT molecular complexity index is 1460. The fourth-order valence-electron chi connectivity index (χ4n) is 3.52. The van der Waals surface area contributed by atoms with Crippen molar-refractivity contribution < 1.29 is 28.9 Å². The van der Waals surface area contributed by atoms with Crippen LogP contribution in [0.1, 0.15) is 34.0 Å². The predicted octanol–water partition coefficient (Wildman–Crippen LogP) is 5.90. The second kappa shape index (κ2) is 9.15. The molecule has 7 heteroatoms. The third kappa shape index (κ3) is 4.63. The molecule has 34 heavy (non-hydrogen) atoms. The number of aryl methyl sites for hydroxylation is 1. The lowest BCUT2D eigenvalue weighted by atomic mass is 9.98. The fraction of sp³-hybridized carbons (Fsp3) is 0.0741. The summed E-state index contributed by atoms with van der Waals surface area (Å²) >= 11 is 0. The highest BCUT2D eigenvalue weighted by Gasteiger charge is 2.21. The minimum atomic E-state index is -1.01. The van der Waals surface area contributed by atoms with E-state index in [1.165, 1.54) is 49.5 Å². The molecule has 0 fully saturated rings. The zero-order valence-electron chi connectivity index (χ0n) is 18.4. The van der Waals surface area contributed by atoms with E-state index in [-0.39, 0.29) is 28.4 Å². The Hall–Kier alpha value is -4.52. The lowest BCUT2D eigenvalue weighted by molar-refractivity contribution is -0.132. The molecule has 4 rings (SSSR count). The molecular formula is C27H20FNO5. The Kier molecular flexibility index (Phi) is 6.10. The number of phenols is 1. The highest BCUT2D eigenvalue weighted by atomic mass is 19.1. The average molecular weight is 457 g/mol. The maximum atomic E-state index is 13.6. The predicted molar refractivity (Wildman–Crippen MR) is 126 cm³/mol. The lowest BCUT2D eigenvalue weighted by Gasteiger charge is -2.14. The van der Waals surface area contributed by atoms with Crippen LogP contribution < -0.4 is 4.74 Å². The molecule has 0 unspecified atom stereocenters. The smallest absolute Gasteiger partial charge is 0.331 e. The number of hydrogen-bond acceptors (Lipinski definition) is 5. The van der Waals surface area contributed by atoms with Crippen molar-refractivity contribution in [1.29, 1.82) is 0 Å². The summed E-state index contributed by atoms with van der Waals surface area (Å²) < 4.78 is 19.7. The first-order chi connectivity index (χ1) is 16.2. The van der Waals surface area contributed by atoms with Gasteiger partial charge < -0.3 is 14.9 Å². The van der Waals surface area contributed by atoms with Crippen LogP contribution in [0.15, 0.2) is 72.4 Å². The van der Waals surface area contributed by atoms with Gasteiger partial charge in [0.05, 0.1) is 11.1 Å². The van der Waals surface area contributed by atoms with E-state index in [1.807, 2.05) is 0 Å². The van der Waals surface area contributed by atoms with Gasteiger partial charge in [-0.25, -0.2) is 9.18 Å². The number of fused-ring (bicyclic) bond motifs is 1. The number of aromatic hydroxyl groups is 1. The van der Waals surface area contributed by atoms with Gasteiger partial charge in [-0.05, 0) is 73.5 Å². The molecule has 0 radical (unpaired) electrons. The molecule has 0 saturated carbocycles. The second-order valence-corrected chi connectivity index (χ2v) is 7.79. The molecular weight excluding hydrogens is 437 g/mol. The maximum Gasteiger partial charge on any atom is 0.331 e. The van der Waals surface area contributed by atoms with E-state index in [4.69, 9.17) is 9.84 Å². The molecule has 6 nitrogen and oxygen atoms in total. The Morgan fingerprint density at radius 3 is 2.41 bits per heavy atom. The Balaban J connectivity index is 1.79. The number of halogens is 1. The van der Waals surface area contributed by atoms with Crippen molar-refractivity contribution in [2.45, 2.75) is 13.8 Å². The van der Waals surface area contributed by atoms with Gasteiger partial charge in [0, 0.05) is 28.8 Å². The van der Waals surface area contributed by atoms with Crippen molar-refractivity contribution >= 4 is 28.7 Å². The van der Waals surface area contributed by atoms with E-state index in [0.29, 0.717) is 33.3 Å². The van der Waals surface area contributed by atoms with Gasteiger partial charge in [-0.15, -0.1) is 0 Å². The SMILES string of the molecule is C/C(=C\c1ccc(Oc2c(C(=O)c3ccc(F)cc3C)cnc3cc(O)ccc23)cc1)C(=O)O.